The first-order valence-electron chi connectivity index (χ1n) is 9.97. The Morgan fingerprint density at radius 3 is 2.71 bits per heavy atom. The molecule has 1 aliphatic rings. The van der Waals surface area contributed by atoms with Crippen LogP contribution in [0.5, 0.6) is 11.5 Å². The second kappa shape index (κ2) is 12.9. The molecule has 0 radical (unpaired) electrons. The van der Waals surface area contributed by atoms with Gasteiger partial charge in [0.05, 0.1) is 20.0 Å². The largest absolute Gasteiger partial charge is 0.493 e. The number of carbonyl (C=O) groups excluding carboxylic acids is 3. The Hall–Kier alpha value is -2.72. The normalized spacial score (nSPS) is 17.9. The minimum atomic E-state index is -0.421. The van der Waals surface area contributed by atoms with Crippen LogP contribution >= 0.6 is 11.8 Å². The highest BCUT2D eigenvalue weighted by Crippen LogP contribution is 2.27. The van der Waals surface area contributed by atoms with E-state index in [1.165, 1.54) is 11.8 Å². The lowest BCUT2D eigenvalue weighted by Crippen LogP contribution is -2.56. The SMILES string of the molecule is C=CCNC(=O)CC1CC(=O)NC(SCC(=O)NCCc2ccc(OC)c(OC)c2)N1. The van der Waals surface area contributed by atoms with Crippen molar-refractivity contribution >= 4 is 29.5 Å². The van der Waals surface area contributed by atoms with Crippen LogP contribution in [0.25, 0.3) is 0 Å². The number of thioether (sulfide) groups is 1. The molecule has 170 valence electrons. The van der Waals surface area contributed by atoms with E-state index in [-0.39, 0.29) is 42.4 Å². The van der Waals surface area contributed by atoms with Crippen LogP contribution < -0.4 is 30.7 Å². The van der Waals surface area contributed by atoms with E-state index in [1.807, 2.05) is 18.2 Å². The average molecular weight is 451 g/mol. The van der Waals surface area contributed by atoms with E-state index in [0.717, 1.165) is 5.56 Å². The van der Waals surface area contributed by atoms with Gasteiger partial charge in [-0.3, -0.25) is 19.7 Å². The summed E-state index contributed by atoms with van der Waals surface area (Å²) in [6.07, 6.45) is 2.66. The first-order valence-corrected chi connectivity index (χ1v) is 11.0. The predicted octanol–water partition coefficient (Wildman–Crippen LogP) is 0.550. The van der Waals surface area contributed by atoms with E-state index in [4.69, 9.17) is 9.47 Å². The van der Waals surface area contributed by atoms with Crippen molar-refractivity contribution in [2.75, 3.05) is 33.1 Å². The number of rotatable bonds is 12. The Morgan fingerprint density at radius 1 is 1.23 bits per heavy atom. The lowest BCUT2D eigenvalue weighted by Gasteiger charge is -2.30. The van der Waals surface area contributed by atoms with Gasteiger partial charge in [-0.1, -0.05) is 12.1 Å². The summed E-state index contributed by atoms with van der Waals surface area (Å²) in [4.78, 5) is 35.9. The summed E-state index contributed by atoms with van der Waals surface area (Å²) in [5, 5.41) is 11.5. The molecule has 1 heterocycles. The van der Waals surface area contributed by atoms with Crippen LogP contribution in [-0.4, -0.2) is 62.3 Å². The number of benzene rings is 1. The third kappa shape index (κ3) is 8.50. The molecular formula is C21H30N4O5S. The van der Waals surface area contributed by atoms with Gasteiger partial charge in [-0.25, -0.2) is 0 Å². The van der Waals surface area contributed by atoms with E-state index in [2.05, 4.69) is 27.8 Å². The van der Waals surface area contributed by atoms with Gasteiger partial charge < -0.3 is 25.4 Å². The molecule has 1 saturated heterocycles. The zero-order chi connectivity index (χ0) is 22.6. The molecular weight excluding hydrogens is 420 g/mol. The predicted molar refractivity (Wildman–Crippen MR) is 120 cm³/mol. The molecule has 2 atom stereocenters. The molecule has 1 aromatic rings. The van der Waals surface area contributed by atoms with Gasteiger partial charge in [-0.15, -0.1) is 18.3 Å². The molecule has 10 heteroatoms. The molecule has 4 N–H and O–H groups in total. The maximum Gasteiger partial charge on any atom is 0.230 e. The van der Waals surface area contributed by atoms with Gasteiger partial charge in [0.2, 0.25) is 17.7 Å². The van der Waals surface area contributed by atoms with E-state index >= 15 is 0 Å². The fourth-order valence-electron chi connectivity index (χ4n) is 3.04. The van der Waals surface area contributed by atoms with Crippen LogP contribution in [0, 0.1) is 0 Å². The number of methoxy groups -OCH3 is 2. The van der Waals surface area contributed by atoms with Crippen molar-refractivity contribution in [1.29, 1.82) is 0 Å². The minimum absolute atomic E-state index is 0.132. The number of amides is 3. The van der Waals surface area contributed by atoms with E-state index < -0.39 is 5.50 Å². The maximum atomic E-state index is 12.2. The Balaban J connectivity index is 1.72. The number of nitrogens with one attached hydrogen (secondary N) is 4. The summed E-state index contributed by atoms with van der Waals surface area (Å²) < 4.78 is 10.5. The number of hydrogen-bond donors (Lipinski definition) is 4. The second-order valence-corrected chi connectivity index (χ2v) is 8.01. The Morgan fingerprint density at radius 2 is 2.00 bits per heavy atom. The highest BCUT2D eigenvalue weighted by atomic mass is 32.2. The average Bonchev–Trinajstić information content (AvgIpc) is 2.75. The third-order valence-electron chi connectivity index (χ3n) is 4.55. The van der Waals surface area contributed by atoms with Crippen LogP contribution in [0.15, 0.2) is 30.9 Å². The van der Waals surface area contributed by atoms with Crippen molar-refractivity contribution in [3.63, 3.8) is 0 Å². The highest BCUT2D eigenvalue weighted by molar-refractivity contribution is 8.00. The van der Waals surface area contributed by atoms with Gasteiger partial charge in [-0.05, 0) is 24.1 Å². The van der Waals surface area contributed by atoms with Gasteiger partial charge in [0.1, 0.15) is 5.50 Å². The zero-order valence-electron chi connectivity index (χ0n) is 17.9. The summed E-state index contributed by atoms with van der Waals surface area (Å²) in [6, 6.07) is 5.36. The molecule has 2 rings (SSSR count). The number of carbonyl (C=O) groups is 3. The summed E-state index contributed by atoms with van der Waals surface area (Å²) in [7, 11) is 3.16. The molecule has 1 fully saturated rings. The molecule has 0 aliphatic carbocycles. The summed E-state index contributed by atoms with van der Waals surface area (Å²) in [6.45, 7) is 4.42. The molecule has 0 aromatic heterocycles. The fourth-order valence-corrected chi connectivity index (χ4v) is 3.96. The fraction of sp³-hybridized carbons (Fsp3) is 0.476. The highest BCUT2D eigenvalue weighted by Gasteiger charge is 2.27. The number of hydrogen-bond acceptors (Lipinski definition) is 7. The van der Waals surface area contributed by atoms with Gasteiger partial charge in [0.25, 0.3) is 0 Å². The number of ether oxygens (including phenoxy) is 2. The van der Waals surface area contributed by atoms with Crippen molar-refractivity contribution in [3.8, 4) is 11.5 Å². The van der Waals surface area contributed by atoms with Crippen molar-refractivity contribution in [2.24, 2.45) is 0 Å². The van der Waals surface area contributed by atoms with E-state index in [9.17, 15) is 14.4 Å². The van der Waals surface area contributed by atoms with E-state index in [0.29, 0.717) is 31.0 Å². The van der Waals surface area contributed by atoms with Crippen molar-refractivity contribution < 1.29 is 23.9 Å². The Labute approximate surface area is 186 Å². The topological polar surface area (TPSA) is 118 Å². The van der Waals surface area contributed by atoms with Gasteiger partial charge in [0.15, 0.2) is 11.5 Å². The molecule has 1 aliphatic heterocycles. The molecule has 0 saturated carbocycles. The molecule has 2 unspecified atom stereocenters. The van der Waals surface area contributed by atoms with Crippen molar-refractivity contribution in [3.05, 3.63) is 36.4 Å². The van der Waals surface area contributed by atoms with Crippen LogP contribution in [0.2, 0.25) is 0 Å². The Kier molecular flexibility index (Phi) is 10.2. The first-order chi connectivity index (χ1) is 14.9. The molecule has 3 amide bonds. The lowest BCUT2D eigenvalue weighted by atomic mass is 10.1. The van der Waals surface area contributed by atoms with Crippen molar-refractivity contribution in [2.45, 2.75) is 30.8 Å². The molecule has 1 aromatic carbocycles. The Bertz CT molecular complexity index is 789. The van der Waals surface area contributed by atoms with Crippen LogP contribution in [0.3, 0.4) is 0 Å². The second-order valence-electron chi connectivity index (χ2n) is 6.91. The monoisotopic (exact) mass is 450 g/mol. The van der Waals surface area contributed by atoms with Crippen LogP contribution in [0.4, 0.5) is 0 Å². The molecule has 0 bridgehead atoms. The van der Waals surface area contributed by atoms with Gasteiger partial charge in [0, 0.05) is 32.0 Å². The zero-order valence-corrected chi connectivity index (χ0v) is 18.7. The maximum absolute atomic E-state index is 12.2. The van der Waals surface area contributed by atoms with Crippen LogP contribution in [-0.2, 0) is 20.8 Å². The van der Waals surface area contributed by atoms with E-state index in [1.54, 1.807) is 20.3 Å². The summed E-state index contributed by atoms with van der Waals surface area (Å²) >= 11 is 1.28. The smallest absolute Gasteiger partial charge is 0.230 e. The summed E-state index contributed by atoms with van der Waals surface area (Å²) in [5.74, 6) is 1.06. The molecule has 9 nitrogen and oxygen atoms in total. The first kappa shape index (κ1) is 24.5. The standard InChI is InChI=1S/C21H30N4O5S/c1-4-8-22-18(26)11-15-12-19(27)25-21(24-15)31-13-20(28)23-9-7-14-5-6-16(29-2)17(10-14)30-3/h4-6,10,15,21,24H,1,7-9,11-13H2,2-3H3,(H,22,26)(H,23,28)(H,25,27). The summed E-state index contributed by atoms with van der Waals surface area (Å²) in [5.41, 5.74) is 0.597. The third-order valence-corrected chi connectivity index (χ3v) is 5.57. The quantitative estimate of drug-likeness (QED) is 0.344. The lowest BCUT2D eigenvalue weighted by molar-refractivity contribution is -0.125. The van der Waals surface area contributed by atoms with Crippen LogP contribution in [0.1, 0.15) is 18.4 Å². The minimum Gasteiger partial charge on any atom is -0.493 e. The molecule has 31 heavy (non-hydrogen) atoms. The van der Waals surface area contributed by atoms with Crippen molar-refractivity contribution in [1.82, 2.24) is 21.3 Å². The molecule has 0 spiro atoms. The van der Waals surface area contributed by atoms with Gasteiger partial charge >= 0.3 is 0 Å². The van der Waals surface area contributed by atoms with Gasteiger partial charge in [-0.2, -0.15) is 0 Å².